The average molecular weight is 189 g/mol. The summed E-state index contributed by atoms with van der Waals surface area (Å²) in [5.41, 5.74) is 0. The molecule has 1 rings (SSSR count). The van der Waals surface area contributed by atoms with Crippen LogP contribution in [0.4, 0.5) is 0 Å². The highest BCUT2D eigenvalue weighted by Gasteiger charge is 2.34. The number of nitrogens with one attached hydrogen (secondary N) is 1. The lowest BCUT2D eigenvalue weighted by molar-refractivity contribution is 0.535. The molecule has 0 saturated carbocycles. The van der Waals surface area contributed by atoms with E-state index < -0.39 is 16.8 Å². The molecule has 1 aliphatic heterocycles. The molecule has 1 N–H and O–H groups in total. The minimum absolute atomic E-state index is 1.16. The van der Waals surface area contributed by atoms with E-state index in [0.29, 0.717) is 0 Å². The molecule has 1 heterocycles. The Morgan fingerprint density at radius 1 is 1.18 bits per heavy atom. The van der Waals surface area contributed by atoms with E-state index in [4.69, 9.17) is 4.12 Å². The number of hydrogen-bond acceptors (Lipinski definition) is 2. The third-order valence-electron chi connectivity index (χ3n) is 2.04. The van der Waals surface area contributed by atoms with Crippen LogP contribution in [0.25, 0.3) is 0 Å². The minimum atomic E-state index is -1.46. The summed E-state index contributed by atoms with van der Waals surface area (Å²) in [6, 6.07) is 1.32. The fourth-order valence-corrected chi connectivity index (χ4v) is 9.71. The molecule has 0 unspecified atom stereocenters. The lowest BCUT2D eigenvalue weighted by Gasteiger charge is -2.30. The second-order valence-electron chi connectivity index (χ2n) is 4.40. The topological polar surface area (TPSA) is 21.3 Å². The largest absolute Gasteiger partial charge is 0.445 e. The van der Waals surface area contributed by atoms with Crippen LogP contribution in [0.3, 0.4) is 0 Å². The molecule has 0 aromatic rings. The fourth-order valence-electron chi connectivity index (χ4n) is 1.68. The van der Waals surface area contributed by atoms with Crippen LogP contribution in [0.1, 0.15) is 6.42 Å². The fraction of sp³-hybridized carbons (Fsp3) is 1.00. The molecule has 0 bridgehead atoms. The molecule has 1 fully saturated rings. The van der Waals surface area contributed by atoms with Gasteiger partial charge in [0.2, 0.25) is 0 Å². The number of rotatable bonds is 0. The minimum Gasteiger partial charge on any atom is -0.445 e. The first-order valence-electron chi connectivity index (χ1n) is 4.37. The summed E-state index contributed by atoms with van der Waals surface area (Å²) in [6.07, 6.45) is 1.30. The van der Waals surface area contributed by atoms with Crippen LogP contribution in [0.2, 0.25) is 32.2 Å². The zero-order chi connectivity index (χ0) is 8.54. The van der Waals surface area contributed by atoms with Crippen LogP contribution >= 0.6 is 0 Å². The van der Waals surface area contributed by atoms with Crippen molar-refractivity contribution in [1.82, 2.24) is 4.98 Å². The average Bonchev–Trinajstić information content (AvgIpc) is 1.86. The molecular formula is C7H19NOSi2. The predicted molar refractivity (Wildman–Crippen MR) is 53.5 cm³/mol. The van der Waals surface area contributed by atoms with Gasteiger partial charge in [0.15, 0.2) is 8.32 Å². The van der Waals surface area contributed by atoms with Crippen LogP contribution in [0.15, 0.2) is 0 Å². The zero-order valence-electron chi connectivity index (χ0n) is 8.03. The Hall–Kier alpha value is 0.354. The maximum Gasteiger partial charge on any atom is 0.251 e. The Kier molecular flexibility index (Phi) is 2.58. The summed E-state index contributed by atoms with van der Waals surface area (Å²) in [7, 11) is -2.74. The van der Waals surface area contributed by atoms with E-state index in [1.807, 2.05) is 0 Å². The monoisotopic (exact) mass is 189 g/mol. The van der Waals surface area contributed by atoms with Crippen molar-refractivity contribution in [3.63, 3.8) is 0 Å². The molecule has 11 heavy (non-hydrogen) atoms. The van der Waals surface area contributed by atoms with E-state index in [9.17, 15) is 0 Å². The lowest BCUT2D eigenvalue weighted by atomic mass is 10.5. The number of hydrogen-bond donors (Lipinski definition) is 1. The van der Waals surface area contributed by atoms with E-state index >= 15 is 0 Å². The Morgan fingerprint density at radius 3 is 2.45 bits per heavy atom. The van der Waals surface area contributed by atoms with E-state index in [-0.39, 0.29) is 0 Å². The van der Waals surface area contributed by atoms with E-state index in [0.717, 1.165) is 6.54 Å². The van der Waals surface area contributed by atoms with Crippen molar-refractivity contribution < 1.29 is 4.12 Å². The van der Waals surface area contributed by atoms with Crippen molar-refractivity contribution in [3.05, 3.63) is 0 Å². The van der Waals surface area contributed by atoms with Gasteiger partial charge in [-0.25, -0.2) is 0 Å². The molecule has 0 aliphatic carbocycles. The molecule has 0 amide bonds. The molecule has 0 radical (unpaired) electrons. The van der Waals surface area contributed by atoms with Crippen molar-refractivity contribution in [3.8, 4) is 0 Å². The van der Waals surface area contributed by atoms with Gasteiger partial charge in [-0.3, -0.25) is 0 Å². The van der Waals surface area contributed by atoms with E-state index in [1.165, 1.54) is 12.5 Å². The van der Waals surface area contributed by atoms with Gasteiger partial charge in [-0.2, -0.15) is 0 Å². The van der Waals surface area contributed by atoms with Crippen molar-refractivity contribution >= 4 is 16.8 Å². The van der Waals surface area contributed by atoms with Gasteiger partial charge in [0.05, 0.1) is 0 Å². The van der Waals surface area contributed by atoms with Crippen molar-refractivity contribution in [2.24, 2.45) is 0 Å². The highest BCUT2D eigenvalue weighted by Crippen LogP contribution is 2.20. The van der Waals surface area contributed by atoms with Gasteiger partial charge in [0.25, 0.3) is 8.48 Å². The van der Waals surface area contributed by atoms with Crippen LogP contribution in [0, 0.1) is 0 Å². The molecule has 1 aliphatic rings. The first-order chi connectivity index (χ1) is 4.91. The van der Waals surface area contributed by atoms with Gasteiger partial charge >= 0.3 is 0 Å². The summed E-state index contributed by atoms with van der Waals surface area (Å²) >= 11 is 0. The molecule has 0 aromatic heterocycles. The Labute approximate surface area is 71.7 Å². The summed E-state index contributed by atoms with van der Waals surface area (Å²) in [4.78, 5) is 3.53. The third kappa shape index (κ3) is 3.07. The first-order valence-corrected chi connectivity index (χ1v) is 10.4. The lowest BCUT2D eigenvalue weighted by Crippen LogP contribution is -2.52. The van der Waals surface area contributed by atoms with Crippen molar-refractivity contribution in [1.29, 1.82) is 0 Å². The van der Waals surface area contributed by atoms with E-state index in [1.54, 1.807) is 0 Å². The molecule has 0 atom stereocenters. The first kappa shape index (κ1) is 9.44. The highest BCUT2D eigenvalue weighted by molar-refractivity contribution is 6.84. The Balaban J connectivity index is 2.62. The second kappa shape index (κ2) is 3.01. The molecule has 0 aromatic carbocycles. The van der Waals surface area contributed by atoms with Crippen LogP contribution in [0.5, 0.6) is 0 Å². The Bertz CT molecular complexity index is 131. The molecule has 2 nitrogen and oxygen atoms in total. The summed E-state index contributed by atoms with van der Waals surface area (Å²) < 4.78 is 6.15. The highest BCUT2D eigenvalue weighted by atomic mass is 28.4. The summed E-state index contributed by atoms with van der Waals surface area (Å²) in [5, 5.41) is 0. The summed E-state index contributed by atoms with van der Waals surface area (Å²) in [5.74, 6) is 0. The van der Waals surface area contributed by atoms with E-state index in [2.05, 4.69) is 31.2 Å². The second-order valence-corrected chi connectivity index (χ2v) is 12.6. The van der Waals surface area contributed by atoms with Gasteiger partial charge in [0, 0.05) is 0 Å². The summed E-state index contributed by atoms with van der Waals surface area (Å²) in [6.45, 7) is 10.3. The van der Waals surface area contributed by atoms with Crippen LogP contribution in [-0.2, 0) is 4.12 Å². The Morgan fingerprint density at radius 2 is 1.82 bits per heavy atom. The van der Waals surface area contributed by atoms with Gasteiger partial charge in [-0.05, 0) is 45.2 Å². The quantitative estimate of drug-likeness (QED) is 0.588. The molecular weight excluding hydrogens is 170 g/mol. The maximum absolute atomic E-state index is 6.15. The zero-order valence-corrected chi connectivity index (χ0v) is 10.0. The molecule has 4 heteroatoms. The van der Waals surface area contributed by atoms with Crippen molar-refractivity contribution in [2.45, 2.75) is 38.7 Å². The van der Waals surface area contributed by atoms with Crippen molar-refractivity contribution in [2.75, 3.05) is 6.54 Å². The molecule has 0 spiro atoms. The van der Waals surface area contributed by atoms with Gasteiger partial charge in [-0.15, -0.1) is 0 Å². The smallest absolute Gasteiger partial charge is 0.251 e. The standard InChI is InChI=1S/C7H19NOSi2/c1-10(2)7-5-6-8-11(3,4)9-10/h8H,5-7H2,1-4H3. The third-order valence-corrected chi connectivity index (χ3v) is 8.95. The van der Waals surface area contributed by atoms with Gasteiger partial charge in [-0.1, -0.05) is 0 Å². The normalized spacial score (nSPS) is 29.5. The SMILES string of the molecule is C[Si]1(C)CCCN[Si](C)(C)O1. The van der Waals surface area contributed by atoms with Gasteiger partial charge in [0.1, 0.15) is 0 Å². The predicted octanol–water partition coefficient (Wildman–Crippen LogP) is 1.90. The molecule has 66 valence electrons. The van der Waals surface area contributed by atoms with Crippen LogP contribution in [-0.4, -0.2) is 23.3 Å². The van der Waals surface area contributed by atoms with Gasteiger partial charge < -0.3 is 9.10 Å². The van der Waals surface area contributed by atoms with Crippen LogP contribution < -0.4 is 4.98 Å². The maximum atomic E-state index is 6.15. The molecule has 1 saturated heterocycles.